The number of hydrogen-bond donors (Lipinski definition) is 1. The number of ketones is 1. The lowest BCUT2D eigenvalue weighted by molar-refractivity contribution is -0.117. The monoisotopic (exact) mass is 355 g/mol. The van der Waals surface area contributed by atoms with E-state index < -0.39 is 0 Å². The fourth-order valence-electron chi connectivity index (χ4n) is 2.24. The molecule has 0 fully saturated rings. The van der Waals surface area contributed by atoms with Crippen LogP contribution in [-0.2, 0) is 11.3 Å². The molecule has 0 radical (unpaired) electrons. The van der Waals surface area contributed by atoms with Gasteiger partial charge in [-0.05, 0) is 40.0 Å². The number of carbonyl (C=O) groups excluding carboxylic acids is 1. The van der Waals surface area contributed by atoms with Crippen LogP contribution in [0.4, 0.5) is 0 Å². The second kappa shape index (κ2) is 5.43. The predicted octanol–water partition coefficient (Wildman–Crippen LogP) is 3.81. The second-order valence-corrected chi connectivity index (χ2v) is 6.65. The molecule has 1 aliphatic carbocycles. The van der Waals surface area contributed by atoms with Crippen molar-refractivity contribution in [3.63, 3.8) is 0 Å². The molecule has 1 aromatic carbocycles. The normalized spacial score (nSPS) is 18.9. The standard InChI is InChI=1S/C15H18INO/c1-15(2)8-12(14(16)13(18)9-15)17-10-11-6-4-3-5-7-11/h3-7,17H,8-10H2,1-2H3. The van der Waals surface area contributed by atoms with Crippen LogP contribution in [0.5, 0.6) is 0 Å². The Balaban J connectivity index is 2.08. The highest BCUT2D eigenvalue weighted by atomic mass is 127. The molecule has 0 aliphatic heterocycles. The van der Waals surface area contributed by atoms with Gasteiger partial charge in [0.2, 0.25) is 0 Å². The smallest absolute Gasteiger partial charge is 0.171 e. The van der Waals surface area contributed by atoms with Crippen molar-refractivity contribution in [2.45, 2.75) is 33.2 Å². The van der Waals surface area contributed by atoms with Gasteiger partial charge in [-0.25, -0.2) is 0 Å². The fourth-order valence-corrected chi connectivity index (χ4v) is 2.82. The van der Waals surface area contributed by atoms with E-state index >= 15 is 0 Å². The first-order chi connectivity index (χ1) is 8.48. The van der Waals surface area contributed by atoms with Gasteiger partial charge in [-0.3, -0.25) is 4.79 Å². The highest BCUT2D eigenvalue weighted by Crippen LogP contribution is 2.37. The van der Waals surface area contributed by atoms with Crippen LogP contribution in [0.3, 0.4) is 0 Å². The number of allylic oxidation sites excluding steroid dienone is 2. The molecule has 0 aromatic heterocycles. The zero-order valence-corrected chi connectivity index (χ0v) is 13.0. The molecule has 1 N–H and O–H groups in total. The first-order valence-corrected chi connectivity index (χ1v) is 7.25. The van der Waals surface area contributed by atoms with Gasteiger partial charge in [0.05, 0.1) is 3.58 Å². The van der Waals surface area contributed by atoms with E-state index in [9.17, 15) is 4.79 Å². The number of halogens is 1. The number of benzene rings is 1. The van der Waals surface area contributed by atoms with Crippen molar-refractivity contribution in [3.05, 3.63) is 45.2 Å². The number of hydrogen-bond acceptors (Lipinski definition) is 2. The van der Waals surface area contributed by atoms with Crippen LogP contribution in [0.25, 0.3) is 0 Å². The van der Waals surface area contributed by atoms with Gasteiger partial charge in [0.25, 0.3) is 0 Å². The Morgan fingerprint density at radius 2 is 1.89 bits per heavy atom. The molecule has 1 aliphatic rings. The van der Waals surface area contributed by atoms with Gasteiger partial charge in [-0.2, -0.15) is 0 Å². The topological polar surface area (TPSA) is 29.1 Å². The molecule has 0 heterocycles. The Labute approximate surface area is 122 Å². The summed E-state index contributed by atoms with van der Waals surface area (Å²) in [7, 11) is 0. The second-order valence-electron chi connectivity index (χ2n) is 5.57. The van der Waals surface area contributed by atoms with Crippen molar-refractivity contribution < 1.29 is 4.79 Å². The van der Waals surface area contributed by atoms with Crippen LogP contribution < -0.4 is 5.32 Å². The number of nitrogens with one attached hydrogen (secondary N) is 1. The first-order valence-electron chi connectivity index (χ1n) is 6.18. The summed E-state index contributed by atoms with van der Waals surface area (Å²) in [4.78, 5) is 11.9. The Kier molecular flexibility index (Phi) is 4.10. The zero-order valence-electron chi connectivity index (χ0n) is 10.8. The molecule has 0 amide bonds. The summed E-state index contributed by atoms with van der Waals surface area (Å²) >= 11 is 2.17. The number of Topliss-reactive ketones (excluding diaryl/α,β-unsaturated/α-hetero) is 1. The van der Waals surface area contributed by atoms with E-state index in [0.29, 0.717) is 6.42 Å². The van der Waals surface area contributed by atoms with Gasteiger partial charge < -0.3 is 5.32 Å². The van der Waals surface area contributed by atoms with E-state index in [1.165, 1.54) is 5.56 Å². The molecule has 0 saturated carbocycles. The van der Waals surface area contributed by atoms with Gasteiger partial charge in [0.15, 0.2) is 5.78 Å². The van der Waals surface area contributed by atoms with Gasteiger partial charge in [0.1, 0.15) is 0 Å². The minimum atomic E-state index is 0.0742. The predicted molar refractivity (Wildman–Crippen MR) is 82.3 cm³/mol. The van der Waals surface area contributed by atoms with Crippen molar-refractivity contribution in [1.82, 2.24) is 5.32 Å². The molecule has 0 bridgehead atoms. The van der Waals surface area contributed by atoms with E-state index in [2.05, 4.69) is 53.9 Å². The Hall–Kier alpha value is -0.840. The number of carbonyl (C=O) groups is 1. The number of rotatable bonds is 3. The summed E-state index contributed by atoms with van der Waals surface area (Å²) in [6.07, 6.45) is 1.60. The largest absolute Gasteiger partial charge is 0.383 e. The molecule has 0 saturated heterocycles. The van der Waals surface area contributed by atoms with E-state index in [-0.39, 0.29) is 11.2 Å². The molecule has 3 heteroatoms. The minimum Gasteiger partial charge on any atom is -0.383 e. The Bertz CT molecular complexity index is 477. The molecule has 2 rings (SSSR count). The van der Waals surface area contributed by atoms with E-state index in [1.807, 2.05) is 18.2 Å². The van der Waals surface area contributed by atoms with Gasteiger partial charge in [-0.15, -0.1) is 0 Å². The third-order valence-corrected chi connectivity index (χ3v) is 4.41. The average molecular weight is 355 g/mol. The van der Waals surface area contributed by atoms with Crippen LogP contribution in [0.2, 0.25) is 0 Å². The summed E-state index contributed by atoms with van der Waals surface area (Å²) < 4.78 is 0.878. The van der Waals surface area contributed by atoms with E-state index in [4.69, 9.17) is 0 Å². The van der Waals surface area contributed by atoms with Crippen molar-refractivity contribution in [1.29, 1.82) is 0 Å². The summed E-state index contributed by atoms with van der Waals surface area (Å²) in [6, 6.07) is 10.3. The van der Waals surface area contributed by atoms with Crippen LogP contribution in [0.1, 0.15) is 32.3 Å². The van der Waals surface area contributed by atoms with Crippen LogP contribution >= 0.6 is 22.6 Å². The lowest BCUT2D eigenvalue weighted by atomic mass is 9.79. The quantitative estimate of drug-likeness (QED) is 0.836. The molecule has 18 heavy (non-hydrogen) atoms. The maximum Gasteiger partial charge on any atom is 0.171 e. The molecular weight excluding hydrogens is 337 g/mol. The average Bonchev–Trinajstić information content (AvgIpc) is 2.33. The van der Waals surface area contributed by atoms with Crippen LogP contribution in [0.15, 0.2) is 39.6 Å². The van der Waals surface area contributed by atoms with Gasteiger partial charge in [0, 0.05) is 18.7 Å². The molecule has 0 unspecified atom stereocenters. The molecule has 1 aromatic rings. The van der Waals surface area contributed by atoms with Crippen molar-refractivity contribution in [2.75, 3.05) is 0 Å². The maximum atomic E-state index is 11.9. The summed E-state index contributed by atoms with van der Waals surface area (Å²) in [6.45, 7) is 5.09. The highest BCUT2D eigenvalue weighted by Gasteiger charge is 2.31. The van der Waals surface area contributed by atoms with Gasteiger partial charge in [-0.1, -0.05) is 44.2 Å². The Morgan fingerprint density at radius 1 is 1.22 bits per heavy atom. The molecule has 0 atom stereocenters. The molecular formula is C15H18INO. The zero-order chi connectivity index (χ0) is 13.2. The third kappa shape index (κ3) is 3.34. The highest BCUT2D eigenvalue weighted by molar-refractivity contribution is 14.1. The molecule has 2 nitrogen and oxygen atoms in total. The minimum absolute atomic E-state index is 0.0742. The summed E-state index contributed by atoms with van der Waals surface area (Å²) in [5.41, 5.74) is 2.41. The first kappa shape index (κ1) is 13.6. The lowest BCUT2D eigenvalue weighted by Crippen LogP contribution is -2.29. The summed E-state index contributed by atoms with van der Waals surface area (Å²) in [5.74, 6) is 0.266. The van der Waals surface area contributed by atoms with Crippen LogP contribution in [0, 0.1) is 5.41 Å². The Morgan fingerprint density at radius 3 is 2.56 bits per heavy atom. The van der Waals surface area contributed by atoms with Gasteiger partial charge >= 0.3 is 0 Å². The summed E-state index contributed by atoms with van der Waals surface area (Å²) in [5, 5.41) is 3.42. The van der Waals surface area contributed by atoms with Crippen molar-refractivity contribution in [3.8, 4) is 0 Å². The third-order valence-electron chi connectivity index (χ3n) is 3.15. The maximum absolute atomic E-state index is 11.9. The van der Waals surface area contributed by atoms with E-state index in [1.54, 1.807) is 0 Å². The van der Waals surface area contributed by atoms with E-state index in [0.717, 1.165) is 22.2 Å². The lowest BCUT2D eigenvalue weighted by Gasteiger charge is -2.31. The SMILES string of the molecule is CC1(C)CC(=O)C(I)=C(NCc2ccccc2)C1. The molecule has 0 spiro atoms. The van der Waals surface area contributed by atoms with Crippen LogP contribution in [-0.4, -0.2) is 5.78 Å². The van der Waals surface area contributed by atoms with Crippen molar-refractivity contribution >= 4 is 28.4 Å². The molecule has 96 valence electrons. The van der Waals surface area contributed by atoms with Crippen molar-refractivity contribution in [2.24, 2.45) is 5.41 Å². The fraction of sp³-hybridized carbons (Fsp3) is 0.400.